The van der Waals surface area contributed by atoms with Crippen LogP contribution < -0.4 is 10.9 Å². The van der Waals surface area contributed by atoms with Crippen molar-refractivity contribution in [2.45, 2.75) is 13.8 Å². The molecule has 0 atom stereocenters. The number of allylic oxidation sites excluding steroid dienone is 1. The lowest BCUT2D eigenvalue weighted by Crippen LogP contribution is -2.17. The van der Waals surface area contributed by atoms with Crippen LogP contribution in [0.25, 0.3) is 0 Å². The Kier molecular flexibility index (Phi) is 6.47. The zero-order valence-corrected chi connectivity index (χ0v) is 15.6. The molecule has 0 aliphatic rings. The third-order valence-corrected chi connectivity index (χ3v) is 4.64. The topological polar surface area (TPSA) is 121 Å². The first kappa shape index (κ1) is 19.6. The van der Waals surface area contributed by atoms with E-state index in [1.54, 1.807) is 19.9 Å². The zero-order chi connectivity index (χ0) is 19.3. The number of nitrogens with zero attached hydrogens (tertiary/aromatic N) is 1. The molecule has 0 saturated carbocycles. The summed E-state index contributed by atoms with van der Waals surface area (Å²) in [6.07, 6.45) is 1.73. The van der Waals surface area contributed by atoms with E-state index in [2.05, 4.69) is 15.3 Å². The molecule has 0 radical (unpaired) electrons. The van der Waals surface area contributed by atoms with Crippen LogP contribution >= 0.6 is 24.0 Å². The number of hydrogen-bond donors (Lipinski definition) is 3. The summed E-state index contributed by atoms with van der Waals surface area (Å²) in [6, 6.07) is 5.58. The van der Waals surface area contributed by atoms with Gasteiger partial charge in [0, 0.05) is 23.4 Å². The summed E-state index contributed by atoms with van der Waals surface area (Å²) < 4.78 is 0.230. The Bertz CT molecular complexity index is 994. The van der Waals surface area contributed by atoms with Crippen LogP contribution in [0.4, 0.5) is 11.4 Å². The number of Topliss-reactive ketones (excluding diaryl/α,β-unsaturated/α-hetero) is 1. The van der Waals surface area contributed by atoms with E-state index >= 15 is 0 Å². The maximum Gasteiger partial charge on any atom is 0.275 e. The number of carbonyl (C=O) groups is 1. The first-order chi connectivity index (χ1) is 12.3. The number of aromatic nitrogens is 2. The molecule has 0 fully saturated rings. The van der Waals surface area contributed by atoms with Gasteiger partial charge in [-0.3, -0.25) is 24.7 Å². The normalized spacial score (nSPS) is 11.2. The summed E-state index contributed by atoms with van der Waals surface area (Å²) >= 11 is 6.10. The molecule has 0 unspecified atom stereocenters. The second-order valence-electron chi connectivity index (χ2n) is 5.21. The molecule has 0 aliphatic carbocycles. The number of non-ortho nitro benzene ring substituents is 1. The monoisotopic (exact) mass is 392 g/mol. The van der Waals surface area contributed by atoms with Gasteiger partial charge in [0.2, 0.25) is 0 Å². The molecule has 136 valence electrons. The van der Waals surface area contributed by atoms with Crippen LogP contribution in [0, 0.1) is 21.8 Å². The predicted molar refractivity (Wildman–Crippen MR) is 104 cm³/mol. The third kappa shape index (κ3) is 4.90. The number of nitro groups is 1. The van der Waals surface area contributed by atoms with E-state index in [4.69, 9.17) is 12.2 Å². The van der Waals surface area contributed by atoms with E-state index in [0.717, 1.165) is 0 Å². The molecule has 2 aromatic rings. The minimum Gasteiger partial charge on any atom is -0.345 e. The van der Waals surface area contributed by atoms with Crippen LogP contribution in [0.1, 0.15) is 23.0 Å². The van der Waals surface area contributed by atoms with E-state index in [0.29, 0.717) is 16.4 Å². The standard InChI is InChI=1S/C16H16N4O4S2/c1-3-13(18-14-9(2)17-16(25)19-15(14)22)26-8-12(21)10-5-4-6-11(7-10)20(23)24/h3-7,18H,8H2,1-2H3,(H2,17,19,22,25)/b13-3+. The van der Waals surface area contributed by atoms with Crippen molar-refractivity contribution < 1.29 is 9.72 Å². The van der Waals surface area contributed by atoms with Crippen LogP contribution in [0.3, 0.4) is 0 Å². The van der Waals surface area contributed by atoms with Crippen molar-refractivity contribution in [2.24, 2.45) is 0 Å². The van der Waals surface area contributed by atoms with Crippen molar-refractivity contribution in [3.63, 3.8) is 0 Å². The SMILES string of the molecule is C/C=C(\Nc1c(C)[nH]c(=S)[nH]c1=O)SCC(=O)c1cccc([N+](=O)[O-])c1. The number of nitro benzene ring substituents is 1. The molecule has 1 heterocycles. The van der Waals surface area contributed by atoms with Gasteiger partial charge in [-0.05, 0) is 26.1 Å². The van der Waals surface area contributed by atoms with Crippen molar-refractivity contribution in [1.29, 1.82) is 0 Å². The average Bonchev–Trinajstić information content (AvgIpc) is 2.60. The van der Waals surface area contributed by atoms with Crippen molar-refractivity contribution in [3.8, 4) is 0 Å². The van der Waals surface area contributed by atoms with Gasteiger partial charge in [-0.25, -0.2) is 0 Å². The molecule has 0 saturated heterocycles. The Morgan fingerprint density at radius 2 is 2.15 bits per heavy atom. The highest BCUT2D eigenvalue weighted by Crippen LogP contribution is 2.21. The van der Waals surface area contributed by atoms with Gasteiger partial charge in [-0.2, -0.15) is 0 Å². The number of benzene rings is 1. The number of anilines is 1. The number of rotatable bonds is 7. The molecule has 0 amide bonds. The van der Waals surface area contributed by atoms with Crippen molar-refractivity contribution in [3.05, 3.63) is 71.9 Å². The summed E-state index contributed by atoms with van der Waals surface area (Å²) in [7, 11) is 0. The van der Waals surface area contributed by atoms with E-state index in [-0.39, 0.29) is 33.1 Å². The number of carbonyl (C=O) groups excluding carboxylic acids is 1. The molecule has 8 nitrogen and oxygen atoms in total. The lowest BCUT2D eigenvalue weighted by molar-refractivity contribution is -0.384. The van der Waals surface area contributed by atoms with Crippen LogP contribution in [0.2, 0.25) is 0 Å². The van der Waals surface area contributed by atoms with Gasteiger partial charge in [0.05, 0.1) is 15.7 Å². The number of aromatic amines is 2. The van der Waals surface area contributed by atoms with Gasteiger partial charge in [-0.1, -0.05) is 18.2 Å². The maximum atomic E-state index is 12.3. The molecule has 10 heteroatoms. The van der Waals surface area contributed by atoms with Gasteiger partial charge >= 0.3 is 0 Å². The third-order valence-electron chi connectivity index (χ3n) is 3.38. The number of H-pyrrole nitrogens is 2. The van der Waals surface area contributed by atoms with Crippen LogP contribution in [0.15, 0.2) is 40.2 Å². The van der Waals surface area contributed by atoms with Crippen molar-refractivity contribution in [2.75, 3.05) is 11.1 Å². The lowest BCUT2D eigenvalue weighted by atomic mass is 10.1. The van der Waals surface area contributed by atoms with E-state index in [9.17, 15) is 19.7 Å². The molecule has 1 aromatic heterocycles. The highest BCUT2D eigenvalue weighted by atomic mass is 32.2. The molecule has 0 aliphatic heterocycles. The number of thioether (sulfide) groups is 1. The number of nitrogens with one attached hydrogen (secondary N) is 3. The summed E-state index contributed by atoms with van der Waals surface area (Å²) in [6.45, 7) is 3.47. The Morgan fingerprint density at radius 3 is 2.77 bits per heavy atom. The summed E-state index contributed by atoms with van der Waals surface area (Å²) in [5.74, 6) is -0.189. The van der Waals surface area contributed by atoms with E-state index in [1.807, 2.05) is 0 Å². The molecule has 2 rings (SSSR count). The summed E-state index contributed by atoms with van der Waals surface area (Å²) in [5, 5.41) is 14.4. The van der Waals surface area contributed by atoms with Crippen molar-refractivity contribution in [1.82, 2.24) is 9.97 Å². The van der Waals surface area contributed by atoms with Gasteiger partial charge < -0.3 is 10.3 Å². The molecule has 0 spiro atoms. The van der Waals surface area contributed by atoms with Crippen molar-refractivity contribution >= 4 is 41.1 Å². The molecule has 0 bridgehead atoms. The largest absolute Gasteiger partial charge is 0.345 e. The molecular weight excluding hydrogens is 376 g/mol. The second-order valence-corrected chi connectivity index (χ2v) is 6.63. The minimum absolute atomic E-state index is 0.0631. The summed E-state index contributed by atoms with van der Waals surface area (Å²) in [5.41, 5.74) is 0.647. The Labute approximate surface area is 157 Å². The van der Waals surface area contributed by atoms with Gasteiger partial charge in [0.25, 0.3) is 11.2 Å². The van der Waals surface area contributed by atoms with Crippen LogP contribution in [0.5, 0.6) is 0 Å². The minimum atomic E-state index is -0.544. The maximum absolute atomic E-state index is 12.3. The lowest BCUT2D eigenvalue weighted by Gasteiger charge is -2.11. The fourth-order valence-electron chi connectivity index (χ4n) is 2.08. The fraction of sp³-hybridized carbons (Fsp3) is 0.188. The Morgan fingerprint density at radius 1 is 1.42 bits per heavy atom. The summed E-state index contributed by atoms with van der Waals surface area (Å²) in [4.78, 5) is 39.9. The van der Waals surface area contributed by atoms with E-state index < -0.39 is 4.92 Å². The second kappa shape index (κ2) is 8.59. The fourth-order valence-corrected chi connectivity index (χ4v) is 3.12. The highest BCUT2D eigenvalue weighted by Gasteiger charge is 2.13. The highest BCUT2D eigenvalue weighted by molar-refractivity contribution is 8.03. The number of ketones is 1. The first-order valence-corrected chi connectivity index (χ1v) is 8.88. The van der Waals surface area contributed by atoms with E-state index in [1.165, 1.54) is 36.0 Å². The van der Waals surface area contributed by atoms with Gasteiger partial charge in [0.15, 0.2) is 10.6 Å². The first-order valence-electron chi connectivity index (χ1n) is 7.48. The van der Waals surface area contributed by atoms with Crippen LogP contribution in [-0.2, 0) is 0 Å². The smallest absolute Gasteiger partial charge is 0.275 e. The van der Waals surface area contributed by atoms with Gasteiger partial charge in [-0.15, -0.1) is 11.8 Å². The average molecular weight is 392 g/mol. The van der Waals surface area contributed by atoms with Crippen LogP contribution in [-0.4, -0.2) is 26.4 Å². The quantitative estimate of drug-likeness (QED) is 0.285. The predicted octanol–water partition coefficient (Wildman–Crippen LogP) is 3.54. The Balaban J connectivity index is 2.09. The molecule has 3 N–H and O–H groups in total. The number of aryl methyl sites for hydroxylation is 1. The zero-order valence-electron chi connectivity index (χ0n) is 14.0. The molecule has 26 heavy (non-hydrogen) atoms. The molecule has 1 aromatic carbocycles. The van der Waals surface area contributed by atoms with Gasteiger partial charge in [0.1, 0.15) is 5.69 Å². The molecular formula is C16H16N4O4S2. The number of hydrogen-bond acceptors (Lipinski definition) is 7. The Hall–Kier alpha value is -2.72.